The molecule has 0 saturated carbocycles. The van der Waals surface area contributed by atoms with Gasteiger partial charge in [-0.05, 0) is 61.1 Å². The first-order valence-electron chi connectivity index (χ1n) is 12.1. The Morgan fingerprint density at radius 1 is 0.750 bits per heavy atom. The number of nitrogens with two attached hydrogens (primary N) is 3. The van der Waals surface area contributed by atoms with E-state index in [9.17, 15) is 9.59 Å². The van der Waals surface area contributed by atoms with E-state index >= 15 is 0 Å². The first-order valence-corrected chi connectivity index (χ1v) is 13.9. The standard InChI is InChI=1S/C14H17N5OS.C13H15N3OS.CH4/c1-9(20)17-14-19-12(8-21-14)7-4-10-2-5-11(6-3-10)18-13(15)16;1-9(17)15-13-16-12(8-18-13)7-4-10-2-5-11(14)6-3-10;/h2-3,5-6,8H,4,7H2,1H3,(H4,15,16,18)(H,17,19,20);2-3,5-6,8H,4,7,14H2,1H3,(H,15,16,17);1H4. The maximum absolute atomic E-state index is 10.9. The normalized spacial score (nSPS) is 9.95. The predicted octanol–water partition coefficient (Wildman–Crippen LogP) is 4.90. The van der Waals surface area contributed by atoms with Gasteiger partial charge in [0.05, 0.1) is 17.1 Å². The van der Waals surface area contributed by atoms with Crippen LogP contribution >= 0.6 is 22.7 Å². The largest absolute Gasteiger partial charge is 0.399 e. The number of hydrogen-bond acceptors (Lipinski definition) is 8. The summed E-state index contributed by atoms with van der Waals surface area (Å²) in [4.78, 5) is 34.5. The number of amides is 2. The van der Waals surface area contributed by atoms with Crippen LogP contribution in [0.1, 0.15) is 43.8 Å². The maximum atomic E-state index is 10.9. The third kappa shape index (κ3) is 11.6. The lowest BCUT2D eigenvalue weighted by molar-refractivity contribution is -0.115. The van der Waals surface area contributed by atoms with Crippen LogP contribution in [0.4, 0.5) is 21.6 Å². The zero-order chi connectivity index (χ0) is 28.2. The number of nitrogens with one attached hydrogen (secondary N) is 2. The van der Waals surface area contributed by atoms with E-state index in [4.69, 9.17) is 17.2 Å². The first-order chi connectivity index (χ1) is 18.7. The van der Waals surface area contributed by atoms with Crippen LogP contribution in [0.3, 0.4) is 0 Å². The molecule has 12 heteroatoms. The Morgan fingerprint density at radius 2 is 1.18 bits per heavy atom. The number of nitrogen functional groups attached to an aromatic ring is 1. The van der Waals surface area contributed by atoms with Gasteiger partial charge in [-0.2, -0.15) is 0 Å². The van der Waals surface area contributed by atoms with Gasteiger partial charge in [-0.1, -0.05) is 31.7 Å². The summed E-state index contributed by atoms with van der Waals surface area (Å²) < 4.78 is 0. The summed E-state index contributed by atoms with van der Waals surface area (Å²) in [5.41, 5.74) is 22.2. The van der Waals surface area contributed by atoms with Crippen molar-refractivity contribution in [2.24, 2.45) is 16.5 Å². The first kappa shape index (κ1) is 31.9. The molecular formula is C28H36N8O2S2. The van der Waals surface area contributed by atoms with Crippen molar-refractivity contribution in [2.45, 2.75) is 47.0 Å². The zero-order valence-corrected chi connectivity index (χ0v) is 23.4. The van der Waals surface area contributed by atoms with Crippen molar-refractivity contribution in [2.75, 3.05) is 16.4 Å². The van der Waals surface area contributed by atoms with Crippen molar-refractivity contribution in [1.29, 1.82) is 0 Å². The number of aromatic nitrogens is 2. The minimum atomic E-state index is -0.105. The van der Waals surface area contributed by atoms with Gasteiger partial charge in [0.25, 0.3) is 0 Å². The van der Waals surface area contributed by atoms with E-state index in [-0.39, 0.29) is 25.2 Å². The Morgan fingerprint density at radius 3 is 1.57 bits per heavy atom. The molecule has 4 aromatic rings. The minimum Gasteiger partial charge on any atom is -0.399 e. The highest BCUT2D eigenvalue weighted by molar-refractivity contribution is 7.14. The molecule has 2 aromatic carbocycles. The average Bonchev–Trinajstić information content (AvgIpc) is 3.52. The Bertz CT molecular complexity index is 1390. The Balaban J connectivity index is 0.000000276. The van der Waals surface area contributed by atoms with Crippen molar-refractivity contribution in [3.05, 3.63) is 81.8 Å². The lowest BCUT2D eigenvalue weighted by Gasteiger charge is -2.01. The molecule has 0 radical (unpaired) electrons. The van der Waals surface area contributed by atoms with Crippen molar-refractivity contribution >= 4 is 62.1 Å². The van der Waals surface area contributed by atoms with Gasteiger partial charge in [0, 0.05) is 30.3 Å². The average molecular weight is 581 g/mol. The Kier molecular flexibility index (Phi) is 12.7. The smallest absolute Gasteiger partial charge is 0.223 e. The molecule has 0 spiro atoms. The van der Waals surface area contributed by atoms with E-state index in [0.29, 0.717) is 10.3 Å². The van der Waals surface area contributed by atoms with Gasteiger partial charge in [-0.25, -0.2) is 15.0 Å². The molecule has 0 aliphatic carbocycles. The molecule has 0 aliphatic rings. The summed E-state index contributed by atoms with van der Waals surface area (Å²) in [5, 5.41) is 10.6. The maximum Gasteiger partial charge on any atom is 0.223 e. The second-order valence-corrected chi connectivity index (χ2v) is 10.3. The molecule has 0 saturated heterocycles. The molecule has 10 nitrogen and oxygen atoms in total. The molecular weight excluding hydrogens is 544 g/mol. The van der Waals surface area contributed by atoms with Crippen LogP contribution in [-0.2, 0) is 35.3 Å². The summed E-state index contributed by atoms with van der Waals surface area (Å²) in [7, 11) is 0. The van der Waals surface area contributed by atoms with Gasteiger partial charge in [0.2, 0.25) is 11.8 Å². The van der Waals surface area contributed by atoms with E-state index in [1.807, 2.05) is 59.3 Å². The highest BCUT2D eigenvalue weighted by atomic mass is 32.1. The summed E-state index contributed by atoms with van der Waals surface area (Å²) in [6.45, 7) is 2.95. The number of aliphatic imine (C=N–C) groups is 1. The van der Waals surface area contributed by atoms with E-state index in [1.165, 1.54) is 47.6 Å². The van der Waals surface area contributed by atoms with Gasteiger partial charge in [-0.3, -0.25) is 9.59 Å². The van der Waals surface area contributed by atoms with Gasteiger partial charge in [0.15, 0.2) is 16.2 Å². The number of benzene rings is 2. The summed E-state index contributed by atoms with van der Waals surface area (Å²) in [6, 6.07) is 15.6. The number of aryl methyl sites for hydroxylation is 4. The molecule has 8 N–H and O–H groups in total. The Labute approximate surface area is 242 Å². The fourth-order valence-corrected chi connectivity index (χ4v) is 4.96. The topological polar surface area (TPSA) is 174 Å². The molecule has 0 fully saturated rings. The van der Waals surface area contributed by atoms with Crippen LogP contribution in [0, 0.1) is 0 Å². The van der Waals surface area contributed by atoms with E-state index in [1.54, 1.807) is 0 Å². The number of guanidine groups is 1. The third-order valence-electron chi connectivity index (χ3n) is 5.18. The molecule has 0 aliphatic heterocycles. The number of thiazole rings is 2. The fourth-order valence-electron chi connectivity index (χ4n) is 3.37. The van der Waals surface area contributed by atoms with E-state index in [0.717, 1.165) is 48.4 Å². The van der Waals surface area contributed by atoms with Crippen molar-refractivity contribution in [1.82, 2.24) is 9.97 Å². The monoisotopic (exact) mass is 580 g/mol. The van der Waals surface area contributed by atoms with Gasteiger partial charge < -0.3 is 27.8 Å². The molecule has 0 unspecified atom stereocenters. The molecule has 0 bridgehead atoms. The molecule has 4 rings (SSSR count). The van der Waals surface area contributed by atoms with Crippen LogP contribution < -0.4 is 27.8 Å². The zero-order valence-electron chi connectivity index (χ0n) is 21.8. The molecule has 2 heterocycles. The van der Waals surface area contributed by atoms with Crippen LogP contribution in [0.5, 0.6) is 0 Å². The van der Waals surface area contributed by atoms with Gasteiger partial charge >= 0.3 is 0 Å². The molecule has 212 valence electrons. The van der Waals surface area contributed by atoms with Crippen LogP contribution in [0.25, 0.3) is 0 Å². The van der Waals surface area contributed by atoms with Crippen molar-refractivity contribution in [3.63, 3.8) is 0 Å². The SMILES string of the molecule is C.CC(=O)Nc1nc(CCc2ccc(N)cc2)cs1.CC(=O)Nc1nc(CCc2ccc(N=C(N)N)cc2)cs1. The molecule has 0 atom stereocenters. The number of nitrogens with zero attached hydrogens (tertiary/aromatic N) is 3. The third-order valence-corrected chi connectivity index (χ3v) is 6.80. The van der Waals surface area contributed by atoms with Crippen LogP contribution in [0.2, 0.25) is 0 Å². The highest BCUT2D eigenvalue weighted by Crippen LogP contribution is 2.19. The lowest BCUT2D eigenvalue weighted by Crippen LogP contribution is -2.21. The summed E-state index contributed by atoms with van der Waals surface area (Å²) in [6.07, 6.45) is 3.46. The quantitative estimate of drug-likeness (QED) is 0.106. The second kappa shape index (κ2) is 16.0. The lowest BCUT2D eigenvalue weighted by atomic mass is 10.1. The van der Waals surface area contributed by atoms with Crippen LogP contribution in [-0.4, -0.2) is 27.7 Å². The summed E-state index contributed by atoms with van der Waals surface area (Å²) in [5.74, 6) is -0.142. The number of anilines is 3. The minimum absolute atomic E-state index is 0. The second-order valence-electron chi connectivity index (χ2n) is 8.60. The number of carbonyl (C=O) groups excluding carboxylic acids is 2. The van der Waals surface area contributed by atoms with Crippen molar-refractivity contribution in [3.8, 4) is 0 Å². The fraction of sp³-hybridized carbons (Fsp3) is 0.250. The molecule has 40 heavy (non-hydrogen) atoms. The molecule has 2 aromatic heterocycles. The van der Waals surface area contributed by atoms with E-state index < -0.39 is 0 Å². The van der Waals surface area contributed by atoms with E-state index in [2.05, 4.69) is 25.6 Å². The van der Waals surface area contributed by atoms with Crippen molar-refractivity contribution < 1.29 is 9.59 Å². The number of rotatable bonds is 9. The number of carbonyl (C=O) groups is 2. The Hall–Kier alpha value is -4.29. The van der Waals surface area contributed by atoms with Gasteiger partial charge in [-0.15, -0.1) is 22.7 Å². The van der Waals surface area contributed by atoms with Gasteiger partial charge in [0.1, 0.15) is 0 Å². The predicted molar refractivity (Wildman–Crippen MR) is 167 cm³/mol. The molecule has 2 amide bonds. The highest BCUT2D eigenvalue weighted by Gasteiger charge is 2.05. The van der Waals surface area contributed by atoms with Crippen LogP contribution in [0.15, 0.2) is 64.3 Å². The number of hydrogen-bond donors (Lipinski definition) is 5. The summed E-state index contributed by atoms with van der Waals surface area (Å²) >= 11 is 2.89.